The maximum atomic E-state index is 13.1. The second-order valence-electron chi connectivity index (χ2n) is 5.96. The van der Waals surface area contributed by atoms with Crippen LogP contribution in [0.5, 0.6) is 0 Å². The molecule has 1 saturated heterocycles. The van der Waals surface area contributed by atoms with Crippen molar-refractivity contribution in [1.29, 1.82) is 5.26 Å². The van der Waals surface area contributed by atoms with Crippen molar-refractivity contribution in [3.8, 4) is 6.07 Å². The van der Waals surface area contributed by atoms with E-state index in [4.69, 9.17) is 16.9 Å². The number of hydrogen-bond donors (Lipinski definition) is 0. The van der Waals surface area contributed by atoms with Crippen molar-refractivity contribution in [2.24, 2.45) is 0 Å². The maximum absolute atomic E-state index is 13.1. The standard InChI is InChI=1S/C18H15ClFN3O3S/c19-17-11-14(20)3-6-16(17)18(24)22-7-9-23(10-8-22)27(25,26)15-4-1-13(12-21)2-5-15/h1-6,11H,7-10H2. The van der Waals surface area contributed by atoms with Crippen LogP contribution in [0.3, 0.4) is 0 Å². The second kappa shape index (κ2) is 7.64. The molecular weight excluding hydrogens is 393 g/mol. The lowest BCUT2D eigenvalue weighted by Gasteiger charge is -2.34. The van der Waals surface area contributed by atoms with Crippen LogP contribution in [0.4, 0.5) is 4.39 Å². The van der Waals surface area contributed by atoms with Crippen molar-refractivity contribution < 1.29 is 17.6 Å². The fourth-order valence-corrected chi connectivity index (χ4v) is 4.49. The highest BCUT2D eigenvalue weighted by Crippen LogP contribution is 2.22. The zero-order valence-electron chi connectivity index (χ0n) is 14.1. The zero-order chi connectivity index (χ0) is 19.6. The summed E-state index contributed by atoms with van der Waals surface area (Å²) in [5.74, 6) is -0.898. The van der Waals surface area contributed by atoms with Crippen molar-refractivity contribution in [2.45, 2.75) is 4.90 Å². The molecule has 0 unspecified atom stereocenters. The van der Waals surface area contributed by atoms with Gasteiger partial charge in [-0.3, -0.25) is 4.79 Å². The molecule has 0 aromatic heterocycles. The molecule has 1 heterocycles. The minimum Gasteiger partial charge on any atom is -0.336 e. The van der Waals surface area contributed by atoms with Gasteiger partial charge in [0.25, 0.3) is 5.91 Å². The molecule has 0 saturated carbocycles. The van der Waals surface area contributed by atoms with Gasteiger partial charge in [0.2, 0.25) is 10.0 Å². The van der Waals surface area contributed by atoms with Gasteiger partial charge in [-0.25, -0.2) is 12.8 Å². The van der Waals surface area contributed by atoms with Crippen LogP contribution in [0.15, 0.2) is 47.4 Å². The lowest BCUT2D eigenvalue weighted by molar-refractivity contribution is 0.0698. The Morgan fingerprint density at radius 3 is 2.26 bits per heavy atom. The van der Waals surface area contributed by atoms with Gasteiger partial charge in [0.1, 0.15) is 5.82 Å². The lowest BCUT2D eigenvalue weighted by atomic mass is 10.2. The molecule has 1 amide bonds. The Kier molecular flexibility index (Phi) is 5.46. The van der Waals surface area contributed by atoms with E-state index in [2.05, 4.69) is 0 Å². The summed E-state index contributed by atoms with van der Waals surface area (Å²) < 4.78 is 39.8. The van der Waals surface area contributed by atoms with Crippen molar-refractivity contribution >= 4 is 27.5 Å². The molecule has 6 nitrogen and oxygen atoms in total. The van der Waals surface area contributed by atoms with Gasteiger partial charge < -0.3 is 4.90 Å². The number of carbonyl (C=O) groups excluding carboxylic acids is 1. The smallest absolute Gasteiger partial charge is 0.255 e. The number of nitriles is 1. The molecule has 0 spiro atoms. The molecule has 27 heavy (non-hydrogen) atoms. The highest BCUT2D eigenvalue weighted by atomic mass is 35.5. The van der Waals surface area contributed by atoms with Crippen LogP contribution in [-0.2, 0) is 10.0 Å². The van der Waals surface area contributed by atoms with Gasteiger partial charge in [0.15, 0.2) is 0 Å². The predicted molar refractivity (Wildman–Crippen MR) is 97.2 cm³/mol. The minimum absolute atomic E-state index is 0.0210. The molecule has 140 valence electrons. The number of rotatable bonds is 3. The molecule has 2 aromatic carbocycles. The van der Waals surface area contributed by atoms with Gasteiger partial charge in [-0.15, -0.1) is 0 Å². The zero-order valence-corrected chi connectivity index (χ0v) is 15.7. The Labute approximate surface area is 161 Å². The summed E-state index contributed by atoms with van der Waals surface area (Å²) in [6.07, 6.45) is 0. The number of sulfonamides is 1. The first kappa shape index (κ1) is 19.3. The first-order chi connectivity index (χ1) is 12.8. The van der Waals surface area contributed by atoms with Gasteiger partial charge >= 0.3 is 0 Å². The van der Waals surface area contributed by atoms with Crippen LogP contribution >= 0.6 is 11.6 Å². The second-order valence-corrected chi connectivity index (χ2v) is 8.30. The van der Waals surface area contributed by atoms with Crippen LogP contribution < -0.4 is 0 Å². The third-order valence-corrected chi connectivity index (χ3v) is 6.53. The summed E-state index contributed by atoms with van der Waals surface area (Å²) in [5, 5.41) is 8.83. The molecule has 1 fully saturated rings. The van der Waals surface area contributed by atoms with Gasteiger partial charge in [-0.2, -0.15) is 9.57 Å². The van der Waals surface area contributed by atoms with Crippen LogP contribution in [0.25, 0.3) is 0 Å². The van der Waals surface area contributed by atoms with E-state index < -0.39 is 15.8 Å². The average molecular weight is 408 g/mol. The number of piperazine rings is 1. The maximum Gasteiger partial charge on any atom is 0.255 e. The third-order valence-electron chi connectivity index (χ3n) is 4.31. The van der Waals surface area contributed by atoms with Crippen molar-refractivity contribution in [3.05, 3.63) is 64.4 Å². The Hall–Kier alpha value is -2.47. The van der Waals surface area contributed by atoms with Gasteiger partial charge in [-0.1, -0.05) is 11.6 Å². The Bertz CT molecular complexity index is 1010. The van der Waals surface area contributed by atoms with Gasteiger partial charge in [0.05, 0.1) is 27.1 Å². The Morgan fingerprint density at radius 1 is 1.07 bits per heavy atom. The summed E-state index contributed by atoms with van der Waals surface area (Å²) in [6, 6.07) is 11.2. The molecule has 2 aromatic rings. The monoisotopic (exact) mass is 407 g/mol. The van der Waals surface area contributed by atoms with Crippen molar-refractivity contribution in [1.82, 2.24) is 9.21 Å². The van der Waals surface area contributed by atoms with E-state index in [0.717, 1.165) is 12.1 Å². The number of benzene rings is 2. The highest BCUT2D eigenvalue weighted by molar-refractivity contribution is 7.89. The summed E-state index contributed by atoms with van der Waals surface area (Å²) in [4.78, 5) is 14.1. The first-order valence-electron chi connectivity index (χ1n) is 8.07. The summed E-state index contributed by atoms with van der Waals surface area (Å²) in [6.45, 7) is 0.657. The molecule has 9 heteroatoms. The molecule has 0 bridgehead atoms. The number of carbonyl (C=O) groups is 1. The largest absolute Gasteiger partial charge is 0.336 e. The molecule has 1 aliphatic heterocycles. The van der Waals surface area contributed by atoms with Crippen LogP contribution in [0, 0.1) is 17.1 Å². The number of hydrogen-bond acceptors (Lipinski definition) is 4. The Balaban J connectivity index is 1.70. The fraction of sp³-hybridized carbons (Fsp3) is 0.222. The van der Waals surface area contributed by atoms with E-state index in [-0.39, 0.29) is 47.6 Å². The Morgan fingerprint density at radius 2 is 1.70 bits per heavy atom. The topological polar surface area (TPSA) is 81.5 Å². The summed E-state index contributed by atoms with van der Waals surface area (Å²) in [5.41, 5.74) is 0.557. The molecule has 0 aliphatic carbocycles. The molecule has 0 radical (unpaired) electrons. The lowest BCUT2D eigenvalue weighted by Crippen LogP contribution is -2.50. The van der Waals surface area contributed by atoms with Crippen LogP contribution in [0.1, 0.15) is 15.9 Å². The minimum atomic E-state index is -3.70. The van der Waals surface area contributed by atoms with E-state index in [0.29, 0.717) is 5.56 Å². The number of nitrogens with zero attached hydrogens (tertiary/aromatic N) is 3. The molecular formula is C18H15ClFN3O3S. The van der Waals surface area contributed by atoms with Crippen LogP contribution in [-0.4, -0.2) is 49.7 Å². The van der Waals surface area contributed by atoms with E-state index in [1.54, 1.807) is 0 Å². The molecule has 0 N–H and O–H groups in total. The summed E-state index contributed by atoms with van der Waals surface area (Å²) in [7, 11) is -3.70. The normalized spacial score (nSPS) is 15.4. The number of halogens is 2. The number of amides is 1. The molecule has 3 rings (SSSR count). The summed E-state index contributed by atoms with van der Waals surface area (Å²) >= 11 is 5.93. The van der Waals surface area contributed by atoms with Crippen molar-refractivity contribution in [2.75, 3.05) is 26.2 Å². The van der Waals surface area contributed by atoms with E-state index in [9.17, 15) is 17.6 Å². The average Bonchev–Trinajstić information content (AvgIpc) is 2.67. The van der Waals surface area contributed by atoms with Gasteiger partial charge in [0, 0.05) is 26.2 Å². The quantitative estimate of drug-likeness (QED) is 0.782. The van der Waals surface area contributed by atoms with Crippen LogP contribution in [0.2, 0.25) is 5.02 Å². The highest BCUT2D eigenvalue weighted by Gasteiger charge is 2.31. The fourth-order valence-electron chi connectivity index (χ4n) is 2.82. The van der Waals surface area contributed by atoms with E-state index in [1.807, 2.05) is 6.07 Å². The first-order valence-corrected chi connectivity index (χ1v) is 9.89. The van der Waals surface area contributed by atoms with E-state index in [1.165, 1.54) is 39.5 Å². The molecule has 0 atom stereocenters. The van der Waals surface area contributed by atoms with E-state index >= 15 is 0 Å². The predicted octanol–water partition coefficient (Wildman–Crippen LogP) is 2.50. The van der Waals surface area contributed by atoms with Gasteiger partial charge in [-0.05, 0) is 42.5 Å². The third kappa shape index (κ3) is 3.95. The SMILES string of the molecule is N#Cc1ccc(S(=O)(=O)N2CCN(C(=O)c3ccc(F)cc3Cl)CC2)cc1. The van der Waals surface area contributed by atoms with Crippen molar-refractivity contribution in [3.63, 3.8) is 0 Å². The molecule has 1 aliphatic rings.